The summed E-state index contributed by atoms with van der Waals surface area (Å²) in [7, 11) is 0. The lowest BCUT2D eigenvalue weighted by Gasteiger charge is -2.12. The second kappa shape index (κ2) is 3.79. The van der Waals surface area contributed by atoms with Gasteiger partial charge in [-0.15, -0.1) is 0 Å². The van der Waals surface area contributed by atoms with Gasteiger partial charge in [-0.25, -0.2) is 4.98 Å². The highest BCUT2D eigenvalue weighted by Crippen LogP contribution is 2.43. The topological polar surface area (TPSA) is 56.7 Å². The summed E-state index contributed by atoms with van der Waals surface area (Å²) in [6.07, 6.45) is 9.74. The molecule has 0 aromatic carbocycles. The molecule has 2 fully saturated rings. The lowest BCUT2D eigenvalue weighted by Crippen LogP contribution is -2.15. The molecule has 2 aromatic heterocycles. The molecule has 0 unspecified atom stereocenters. The molecule has 94 valence electrons. The molecule has 2 aliphatic rings. The summed E-state index contributed by atoms with van der Waals surface area (Å²) in [4.78, 5) is 9.02. The SMILES string of the molecule is N[C@H]1CC[C@@H](c2nc3cnccc3n2C2CC2)C1. The maximum atomic E-state index is 6.05. The lowest BCUT2D eigenvalue weighted by molar-refractivity contribution is 0.591. The van der Waals surface area contributed by atoms with Crippen LogP contribution in [0.5, 0.6) is 0 Å². The summed E-state index contributed by atoms with van der Waals surface area (Å²) in [5.74, 6) is 1.81. The number of fused-ring (bicyclic) bond motifs is 1. The van der Waals surface area contributed by atoms with Crippen LogP contribution in [0.15, 0.2) is 18.5 Å². The minimum atomic E-state index is 0.362. The average molecular weight is 242 g/mol. The molecule has 2 aliphatic carbocycles. The first-order valence-corrected chi connectivity index (χ1v) is 6.90. The van der Waals surface area contributed by atoms with Crippen molar-refractivity contribution in [3.05, 3.63) is 24.3 Å². The van der Waals surface area contributed by atoms with Crippen molar-refractivity contribution in [2.75, 3.05) is 0 Å². The van der Waals surface area contributed by atoms with E-state index >= 15 is 0 Å². The van der Waals surface area contributed by atoms with Gasteiger partial charge in [0.05, 0.1) is 11.7 Å². The standard InChI is InChI=1S/C14H18N4/c15-10-2-1-9(7-10)14-17-12-8-16-6-5-13(12)18(14)11-3-4-11/h5-6,8-11H,1-4,7,15H2/t9-,10+/m1/s1. The smallest absolute Gasteiger partial charge is 0.113 e. The van der Waals surface area contributed by atoms with Gasteiger partial charge in [0.1, 0.15) is 11.3 Å². The summed E-state index contributed by atoms with van der Waals surface area (Å²) in [5, 5.41) is 0. The van der Waals surface area contributed by atoms with Gasteiger partial charge in [0.25, 0.3) is 0 Å². The number of hydrogen-bond acceptors (Lipinski definition) is 3. The van der Waals surface area contributed by atoms with Gasteiger partial charge in [0.15, 0.2) is 0 Å². The lowest BCUT2D eigenvalue weighted by atomic mass is 10.1. The fraction of sp³-hybridized carbons (Fsp3) is 0.571. The van der Waals surface area contributed by atoms with Gasteiger partial charge < -0.3 is 10.3 Å². The quantitative estimate of drug-likeness (QED) is 0.879. The molecule has 2 saturated carbocycles. The van der Waals surface area contributed by atoms with Crippen LogP contribution in [-0.4, -0.2) is 20.6 Å². The highest BCUT2D eigenvalue weighted by Gasteiger charge is 2.33. The Labute approximate surface area is 106 Å². The van der Waals surface area contributed by atoms with Gasteiger partial charge in [-0.2, -0.15) is 0 Å². The van der Waals surface area contributed by atoms with Crippen molar-refractivity contribution < 1.29 is 0 Å². The molecule has 2 heterocycles. The van der Waals surface area contributed by atoms with E-state index in [-0.39, 0.29) is 0 Å². The highest BCUT2D eigenvalue weighted by atomic mass is 15.1. The summed E-state index contributed by atoms with van der Waals surface area (Å²) in [5.41, 5.74) is 8.34. The van der Waals surface area contributed by atoms with Gasteiger partial charge in [-0.1, -0.05) is 0 Å². The monoisotopic (exact) mass is 242 g/mol. The molecule has 0 aliphatic heterocycles. The zero-order valence-corrected chi connectivity index (χ0v) is 10.4. The number of pyridine rings is 1. The summed E-state index contributed by atoms with van der Waals surface area (Å²) in [6.45, 7) is 0. The molecule has 0 spiro atoms. The predicted molar refractivity (Wildman–Crippen MR) is 70.4 cm³/mol. The van der Waals surface area contributed by atoms with E-state index in [0.717, 1.165) is 18.4 Å². The van der Waals surface area contributed by atoms with Crippen molar-refractivity contribution in [1.29, 1.82) is 0 Å². The first-order chi connectivity index (χ1) is 8.83. The van der Waals surface area contributed by atoms with Gasteiger partial charge in [0, 0.05) is 24.2 Å². The number of rotatable bonds is 2. The van der Waals surface area contributed by atoms with Gasteiger partial charge in [-0.05, 0) is 38.2 Å². The minimum Gasteiger partial charge on any atom is -0.328 e. The Morgan fingerprint density at radius 3 is 2.83 bits per heavy atom. The molecule has 0 saturated heterocycles. The molecule has 4 heteroatoms. The maximum Gasteiger partial charge on any atom is 0.113 e. The molecular weight excluding hydrogens is 224 g/mol. The van der Waals surface area contributed by atoms with Crippen LogP contribution < -0.4 is 5.73 Å². The molecule has 2 atom stereocenters. The summed E-state index contributed by atoms with van der Waals surface area (Å²) < 4.78 is 2.46. The molecule has 0 bridgehead atoms. The van der Waals surface area contributed by atoms with Crippen LogP contribution in [0.4, 0.5) is 0 Å². The molecule has 0 amide bonds. The normalized spacial score (nSPS) is 28.1. The van der Waals surface area contributed by atoms with E-state index in [1.807, 2.05) is 12.4 Å². The third kappa shape index (κ3) is 1.56. The fourth-order valence-corrected chi connectivity index (χ4v) is 3.22. The molecular formula is C14H18N4. The van der Waals surface area contributed by atoms with Crippen molar-refractivity contribution in [3.8, 4) is 0 Å². The third-order valence-corrected chi connectivity index (χ3v) is 4.27. The zero-order chi connectivity index (χ0) is 12.1. The Kier molecular flexibility index (Phi) is 2.21. The van der Waals surface area contributed by atoms with Crippen molar-refractivity contribution in [1.82, 2.24) is 14.5 Å². The van der Waals surface area contributed by atoms with E-state index in [0.29, 0.717) is 18.0 Å². The van der Waals surface area contributed by atoms with Crippen molar-refractivity contribution in [3.63, 3.8) is 0 Å². The van der Waals surface area contributed by atoms with E-state index in [9.17, 15) is 0 Å². The predicted octanol–water partition coefficient (Wildman–Crippen LogP) is 2.36. The van der Waals surface area contributed by atoms with E-state index in [1.54, 1.807) is 0 Å². The largest absolute Gasteiger partial charge is 0.328 e. The third-order valence-electron chi connectivity index (χ3n) is 4.27. The van der Waals surface area contributed by atoms with Crippen LogP contribution in [-0.2, 0) is 0 Å². The first kappa shape index (κ1) is 10.5. The van der Waals surface area contributed by atoms with E-state index in [4.69, 9.17) is 10.7 Å². The van der Waals surface area contributed by atoms with E-state index in [2.05, 4.69) is 15.6 Å². The Balaban J connectivity index is 1.85. The van der Waals surface area contributed by atoms with Crippen molar-refractivity contribution in [2.24, 2.45) is 5.73 Å². The molecule has 18 heavy (non-hydrogen) atoms. The second-order valence-corrected chi connectivity index (χ2v) is 5.71. The maximum absolute atomic E-state index is 6.05. The number of imidazole rings is 1. The molecule has 4 rings (SSSR count). The molecule has 2 N–H and O–H groups in total. The van der Waals surface area contributed by atoms with Crippen LogP contribution in [0.3, 0.4) is 0 Å². The summed E-state index contributed by atoms with van der Waals surface area (Å²) >= 11 is 0. The van der Waals surface area contributed by atoms with Crippen molar-refractivity contribution >= 4 is 11.0 Å². The fourth-order valence-electron chi connectivity index (χ4n) is 3.22. The number of nitrogens with two attached hydrogens (primary N) is 1. The van der Waals surface area contributed by atoms with E-state index < -0.39 is 0 Å². The number of nitrogens with zero attached hydrogens (tertiary/aromatic N) is 3. The van der Waals surface area contributed by atoms with Crippen LogP contribution >= 0.6 is 0 Å². The molecule has 2 aromatic rings. The molecule has 4 nitrogen and oxygen atoms in total. The Morgan fingerprint density at radius 2 is 2.11 bits per heavy atom. The minimum absolute atomic E-state index is 0.362. The van der Waals surface area contributed by atoms with Crippen LogP contribution in [0, 0.1) is 0 Å². The highest BCUT2D eigenvalue weighted by molar-refractivity contribution is 5.75. The average Bonchev–Trinajstić information content (AvgIpc) is 3.00. The second-order valence-electron chi connectivity index (χ2n) is 5.71. The molecule has 0 radical (unpaired) electrons. The first-order valence-electron chi connectivity index (χ1n) is 6.90. The van der Waals surface area contributed by atoms with Crippen molar-refractivity contribution in [2.45, 2.75) is 50.1 Å². The van der Waals surface area contributed by atoms with Gasteiger partial charge in [0.2, 0.25) is 0 Å². The van der Waals surface area contributed by atoms with Crippen LogP contribution in [0.25, 0.3) is 11.0 Å². The van der Waals surface area contributed by atoms with E-state index in [1.165, 1.54) is 30.6 Å². The Morgan fingerprint density at radius 1 is 1.22 bits per heavy atom. The van der Waals surface area contributed by atoms with Crippen LogP contribution in [0.2, 0.25) is 0 Å². The Bertz CT molecular complexity index is 584. The number of hydrogen-bond donors (Lipinski definition) is 1. The number of aromatic nitrogens is 3. The zero-order valence-electron chi connectivity index (χ0n) is 10.4. The van der Waals surface area contributed by atoms with Crippen LogP contribution in [0.1, 0.15) is 49.9 Å². The Hall–Kier alpha value is -1.42. The summed E-state index contributed by atoms with van der Waals surface area (Å²) in [6, 6.07) is 3.13. The van der Waals surface area contributed by atoms with Gasteiger partial charge in [-0.3, -0.25) is 4.98 Å². The van der Waals surface area contributed by atoms with Gasteiger partial charge >= 0.3 is 0 Å².